The molecule has 1 aliphatic rings. The van der Waals surface area contributed by atoms with Gasteiger partial charge in [-0.05, 0) is 42.7 Å². The number of esters is 1. The molecule has 0 N–H and O–H groups in total. The highest BCUT2D eigenvalue weighted by atomic mass is 32.1. The fraction of sp³-hybridized carbons (Fsp3) is 0.318. The van der Waals surface area contributed by atoms with Crippen molar-refractivity contribution in [1.82, 2.24) is 9.88 Å². The minimum absolute atomic E-state index is 0.0562. The molecule has 1 amide bonds. The van der Waals surface area contributed by atoms with Crippen molar-refractivity contribution in [2.24, 2.45) is 0 Å². The van der Waals surface area contributed by atoms with Gasteiger partial charge in [0.15, 0.2) is 6.61 Å². The van der Waals surface area contributed by atoms with Crippen molar-refractivity contribution in [3.63, 3.8) is 0 Å². The van der Waals surface area contributed by atoms with E-state index in [-0.39, 0.29) is 24.9 Å². The van der Waals surface area contributed by atoms with Gasteiger partial charge in [-0.2, -0.15) is 0 Å². The molecular weight excluding hydrogens is 391 g/mol. The van der Waals surface area contributed by atoms with Gasteiger partial charge in [0.05, 0.1) is 21.6 Å². The number of hydrogen-bond donors (Lipinski definition) is 0. The van der Waals surface area contributed by atoms with E-state index in [1.807, 2.05) is 18.2 Å². The number of benzene rings is 2. The highest BCUT2D eigenvalue weighted by Crippen LogP contribution is 2.32. The topological polar surface area (TPSA) is 59.5 Å². The first-order valence-corrected chi connectivity index (χ1v) is 10.4. The molecule has 1 saturated heterocycles. The summed E-state index contributed by atoms with van der Waals surface area (Å²) in [5.41, 5.74) is 1.51. The molecule has 0 spiro atoms. The molecule has 29 heavy (non-hydrogen) atoms. The number of carbonyl (C=O) groups excluding carboxylic acids is 2. The summed E-state index contributed by atoms with van der Waals surface area (Å²) < 4.78 is 19.5. The van der Waals surface area contributed by atoms with E-state index < -0.39 is 11.8 Å². The van der Waals surface area contributed by atoms with Crippen LogP contribution in [0, 0.1) is 5.82 Å². The van der Waals surface area contributed by atoms with Crippen LogP contribution in [0.4, 0.5) is 4.39 Å². The Morgan fingerprint density at radius 1 is 1.21 bits per heavy atom. The van der Waals surface area contributed by atoms with Gasteiger partial charge in [-0.25, -0.2) is 9.37 Å². The molecule has 0 aliphatic carbocycles. The number of aromatic nitrogens is 1. The highest BCUT2D eigenvalue weighted by Gasteiger charge is 2.27. The Kier molecular flexibility index (Phi) is 5.85. The van der Waals surface area contributed by atoms with Gasteiger partial charge in [0.25, 0.3) is 5.91 Å². The first kappa shape index (κ1) is 19.5. The number of fused-ring (bicyclic) bond motifs is 1. The minimum atomic E-state index is -0.538. The number of rotatable bonds is 5. The van der Waals surface area contributed by atoms with E-state index in [0.29, 0.717) is 18.7 Å². The molecule has 2 heterocycles. The first-order valence-electron chi connectivity index (χ1n) is 9.62. The van der Waals surface area contributed by atoms with Crippen molar-refractivity contribution in [1.29, 1.82) is 0 Å². The zero-order valence-electron chi connectivity index (χ0n) is 15.8. The van der Waals surface area contributed by atoms with Gasteiger partial charge < -0.3 is 9.64 Å². The van der Waals surface area contributed by atoms with Crippen LogP contribution in [0.3, 0.4) is 0 Å². The maximum atomic E-state index is 13.2. The Labute approximate surface area is 172 Å². The number of carbonyl (C=O) groups is 2. The molecule has 0 saturated carbocycles. The van der Waals surface area contributed by atoms with E-state index in [9.17, 15) is 14.0 Å². The normalized spacial score (nSPS) is 16.7. The maximum absolute atomic E-state index is 13.2. The van der Waals surface area contributed by atoms with Crippen molar-refractivity contribution in [2.45, 2.75) is 25.2 Å². The summed E-state index contributed by atoms with van der Waals surface area (Å²) in [5, 5.41) is 1.05. The number of halogens is 1. The molecule has 0 unspecified atom stereocenters. The van der Waals surface area contributed by atoms with Gasteiger partial charge >= 0.3 is 5.97 Å². The number of ether oxygens (including phenoxy) is 1. The molecule has 5 nitrogen and oxygen atoms in total. The van der Waals surface area contributed by atoms with Crippen molar-refractivity contribution >= 4 is 33.4 Å². The van der Waals surface area contributed by atoms with Crippen LogP contribution >= 0.6 is 11.3 Å². The molecule has 1 fully saturated rings. The predicted octanol–water partition coefficient (Wildman–Crippen LogP) is 3.93. The fourth-order valence-electron chi connectivity index (χ4n) is 3.57. The summed E-state index contributed by atoms with van der Waals surface area (Å²) in [6, 6.07) is 13.8. The van der Waals surface area contributed by atoms with E-state index in [0.717, 1.165) is 28.1 Å². The van der Waals surface area contributed by atoms with Crippen LogP contribution in [-0.2, 0) is 20.7 Å². The summed E-state index contributed by atoms with van der Waals surface area (Å²) in [6.45, 7) is 0.947. The maximum Gasteiger partial charge on any atom is 0.310 e. The molecular formula is C22H21FN2O3S. The van der Waals surface area contributed by atoms with Gasteiger partial charge in [0, 0.05) is 19.0 Å². The van der Waals surface area contributed by atoms with E-state index in [1.54, 1.807) is 28.4 Å². The number of piperidine rings is 1. The summed E-state index contributed by atoms with van der Waals surface area (Å²) >= 11 is 1.67. The van der Waals surface area contributed by atoms with Crippen LogP contribution in [0.1, 0.15) is 29.3 Å². The molecule has 0 radical (unpaired) electrons. The molecule has 150 valence electrons. The second-order valence-corrected chi connectivity index (χ2v) is 8.23. The lowest BCUT2D eigenvalue weighted by Crippen LogP contribution is -2.41. The predicted molar refractivity (Wildman–Crippen MR) is 109 cm³/mol. The SMILES string of the molecule is O=C(Cc1cccc(F)c1)OCC(=O)N1CCC[C@@H](c2nc3ccccc3s2)C1. The molecule has 0 bridgehead atoms. The van der Waals surface area contributed by atoms with Crippen LogP contribution in [0.5, 0.6) is 0 Å². The zero-order valence-corrected chi connectivity index (χ0v) is 16.7. The minimum Gasteiger partial charge on any atom is -0.455 e. The average Bonchev–Trinajstić information content (AvgIpc) is 3.16. The smallest absolute Gasteiger partial charge is 0.310 e. The third-order valence-electron chi connectivity index (χ3n) is 5.03. The summed E-state index contributed by atoms with van der Waals surface area (Å²) in [5.74, 6) is -0.944. The molecule has 1 aromatic heterocycles. The Morgan fingerprint density at radius 3 is 2.90 bits per heavy atom. The van der Waals surface area contributed by atoms with Gasteiger partial charge in [-0.15, -0.1) is 11.3 Å². The lowest BCUT2D eigenvalue weighted by Gasteiger charge is -2.31. The standard InChI is InChI=1S/C22H21FN2O3S/c23-17-7-3-5-15(11-17)12-21(27)28-14-20(26)25-10-4-6-16(13-25)22-24-18-8-1-2-9-19(18)29-22/h1-3,5,7-9,11,16H,4,6,10,12-14H2/t16-/m1/s1. The number of para-hydroxylation sites is 1. The molecule has 3 aromatic rings. The van der Waals surface area contributed by atoms with Crippen LogP contribution < -0.4 is 0 Å². The number of amides is 1. The number of nitrogens with zero attached hydrogens (tertiary/aromatic N) is 2. The summed E-state index contributed by atoms with van der Waals surface area (Å²) in [6.07, 6.45) is 1.83. The molecule has 7 heteroatoms. The second-order valence-electron chi connectivity index (χ2n) is 7.17. The quantitative estimate of drug-likeness (QED) is 0.596. The molecule has 2 aromatic carbocycles. The van der Waals surface area contributed by atoms with Crippen LogP contribution in [0.25, 0.3) is 10.2 Å². The van der Waals surface area contributed by atoms with Crippen LogP contribution in [0.2, 0.25) is 0 Å². The number of likely N-dealkylation sites (tertiary alicyclic amines) is 1. The third kappa shape index (κ3) is 4.79. The lowest BCUT2D eigenvalue weighted by molar-refractivity contribution is -0.152. The van der Waals surface area contributed by atoms with Crippen LogP contribution in [0.15, 0.2) is 48.5 Å². The van der Waals surface area contributed by atoms with Crippen molar-refractivity contribution in [2.75, 3.05) is 19.7 Å². The molecule has 4 rings (SSSR count). The molecule has 1 atom stereocenters. The fourth-order valence-corrected chi connectivity index (χ4v) is 4.66. The number of hydrogen-bond acceptors (Lipinski definition) is 5. The highest BCUT2D eigenvalue weighted by molar-refractivity contribution is 7.18. The van der Waals surface area contributed by atoms with Crippen molar-refractivity contribution < 1.29 is 18.7 Å². The van der Waals surface area contributed by atoms with Crippen molar-refractivity contribution in [3.8, 4) is 0 Å². The van der Waals surface area contributed by atoms with E-state index in [1.165, 1.54) is 12.1 Å². The van der Waals surface area contributed by atoms with Gasteiger partial charge in [0.2, 0.25) is 0 Å². The van der Waals surface area contributed by atoms with Gasteiger partial charge in [-0.1, -0.05) is 24.3 Å². The Bertz CT molecular complexity index is 1000. The van der Waals surface area contributed by atoms with E-state index in [4.69, 9.17) is 9.72 Å². The summed E-state index contributed by atoms with van der Waals surface area (Å²) in [7, 11) is 0. The lowest BCUT2D eigenvalue weighted by atomic mass is 9.99. The van der Waals surface area contributed by atoms with Gasteiger partial charge in [0.1, 0.15) is 5.82 Å². The Balaban J connectivity index is 1.32. The van der Waals surface area contributed by atoms with Gasteiger partial charge in [-0.3, -0.25) is 9.59 Å². The third-order valence-corrected chi connectivity index (χ3v) is 6.23. The Hall–Kier alpha value is -2.80. The summed E-state index contributed by atoms with van der Waals surface area (Å²) in [4.78, 5) is 31.0. The van der Waals surface area contributed by atoms with Crippen molar-refractivity contribution in [3.05, 3.63) is 64.9 Å². The average molecular weight is 412 g/mol. The van der Waals surface area contributed by atoms with Crippen LogP contribution in [-0.4, -0.2) is 41.5 Å². The Morgan fingerprint density at radius 2 is 2.07 bits per heavy atom. The monoisotopic (exact) mass is 412 g/mol. The van der Waals surface area contributed by atoms with E-state index >= 15 is 0 Å². The first-order chi connectivity index (χ1) is 14.1. The number of thiazole rings is 1. The zero-order chi connectivity index (χ0) is 20.2. The second kappa shape index (κ2) is 8.69. The largest absolute Gasteiger partial charge is 0.455 e. The van der Waals surface area contributed by atoms with E-state index in [2.05, 4.69) is 6.07 Å². The molecule has 1 aliphatic heterocycles.